The van der Waals surface area contributed by atoms with Gasteiger partial charge >= 0.3 is 0 Å². The lowest BCUT2D eigenvalue weighted by molar-refractivity contribution is 0.469. The van der Waals surface area contributed by atoms with E-state index in [0.717, 1.165) is 42.2 Å². The summed E-state index contributed by atoms with van der Waals surface area (Å²) < 4.78 is 0. The van der Waals surface area contributed by atoms with E-state index < -0.39 is 0 Å². The van der Waals surface area contributed by atoms with Gasteiger partial charge in [-0.15, -0.1) is 0 Å². The van der Waals surface area contributed by atoms with Crippen molar-refractivity contribution in [3.63, 3.8) is 0 Å². The van der Waals surface area contributed by atoms with Crippen molar-refractivity contribution in [1.82, 2.24) is 25.5 Å². The number of rotatable bonds is 3. The van der Waals surface area contributed by atoms with Gasteiger partial charge in [0.2, 0.25) is 0 Å². The van der Waals surface area contributed by atoms with Gasteiger partial charge in [-0.3, -0.25) is 5.10 Å². The van der Waals surface area contributed by atoms with Crippen molar-refractivity contribution in [2.45, 2.75) is 13.0 Å². The van der Waals surface area contributed by atoms with E-state index in [2.05, 4.69) is 68.7 Å². The van der Waals surface area contributed by atoms with Gasteiger partial charge in [-0.1, -0.05) is 35.9 Å². The number of anilines is 1. The quantitative estimate of drug-likeness (QED) is 0.573. The van der Waals surface area contributed by atoms with Crippen LogP contribution < -0.4 is 10.2 Å². The standard InChI is InChI=1S/C22H22N6.H2/c1-15-7-9-16(10-8-15)19-14-28(13-12-23-19)20-6-2-5-18(25-20)21-17-4-3-11-24-22(17)27-26-21;/h2-11,19,23H,12-14H2,1H3,(H,24,26,27);1H. The van der Waals surface area contributed by atoms with E-state index in [-0.39, 0.29) is 1.43 Å². The lowest BCUT2D eigenvalue weighted by Gasteiger charge is -2.35. The SMILES string of the molecule is Cc1ccc(C2CN(c3cccc(-c4[nH]nc5ncccc45)n3)CCN2)cc1.[HH]. The van der Waals surface area contributed by atoms with Crippen LogP contribution in [0, 0.1) is 6.92 Å². The van der Waals surface area contributed by atoms with Gasteiger partial charge in [0.1, 0.15) is 5.82 Å². The monoisotopic (exact) mass is 372 g/mol. The van der Waals surface area contributed by atoms with Crippen molar-refractivity contribution in [3.05, 3.63) is 71.9 Å². The normalized spacial score (nSPS) is 17.2. The molecule has 0 spiro atoms. The average Bonchev–Trinajstić information content (AvgIpc) is 3.19. The number of piperazine rings is 1. The Morgan fingerprint density at radius 2 is 1.96 bits per heavy atom. The van der Waals surface area contributed by atoms with Gasteiger partial charge in [-0.05, 0) is 36.8 Å². The molecule has 6 nitrogen and oxygen atoms in total. The molecule has 0 bridgehead atoms. The van der Waals surface area contributed by atoms with Crippen LogP contribution in [-0.2, 0) is 0 Å². The number of aromatic amines is 1. The fraction of sp³-hybridized carbons (Fsp3) is 0.227. The molecule has 1 unspecified atom stereocenters. The average molecular weight is 372 g/mol. The number of aryl methyl sites for hydroxylation is 1. The van der Waals surface area contributed by atoms with E-state index in [1.807, 2.05) is 18.2 Å². The molecule has 5 rings (SSSR count). The zero-order chi connectivity index (χ0) is 18.9. The Balaban J connectivity index is 0.00000205. The molecule has 1 aliphatic rings. The first-order valence-electron chi connectivity index (χ1n) is 9.59. The summed E-state index contributed by atoms with van der Waals surface area (Å²) in [6, 6.07) is 19.2. The van der Waals surface area contributed by atoms with E-state index in [4.69, 9.17) is 4.98 Å². The number of hydrogen-bond donors (Lipinski definition) is 2. The predicted molar refractivity (Wildman–Crippen MR) is 113 cm³/mol. The smallest absolute Gasteiger partial charge is 0.181 e. The maximum absolute atomic E-state index is 4.93. The second-order valence-corrected chi connectivity index (χ2v) is 7.22. The Kier molecular flexibility index (Phi) is 4.25. The third-order valence-electron chi connectivity index (χ3n) is 5.30. The number of nitrogens with zero attached hydrogens (tertiary/aromatic N) is 4. The van der Waals surface area contributed by atoms with Crippen LogP contribution in [0.4, 0.5) is 5.82 Å². The van der Waals surface area contributed by atoms with Gasteiger partial charge in [0, 0.05) is 38.7 Å². The summed E-state index contributed by atoms with van der Waals surface area (Å²) in [4.78, 5) is 11.6. The number of nitrogens with one attached hydrogen (secondary N) is 2. The van der Waals surface area contributed by atoms with Gasteiger partial charge in [0.15, 0.2) is 5.65 Å². The summed E-state index contributed by atoms with van der Waals surface area (Å²) >= 11 is 0. The molecule has 0 aliphatic carbocycles. The van der Waals surface area contributed by atoms with Crippen molar-refractivity contribution in [1.29, 1.82) is 0 Å². The van der Waals surface area contributed by atoms with Crippen LogP contribution in [0.3, 0.4) is 0 Å². The molecule has 28 heavy (non-hydrogen) atoms. The second-order valence-electron chi connectivity index (χ2n) is 7.22. The Bertz CT molecular complexity index is 1110. The summed E-state index contributed by atoms with van der Waals surface area (Å²) in [7, 11) is 0. The maximum Gasteiger partial charge on any atom is 0.181 e. The Morgan fingerprint density at radius 1 is 1.07 bits per heavy atom. The van der Waals surface area contributed by atoms with Crippen LogP contribution >= 0.6 is 0 Å². The van der Waals surface area contributed by atoms with Crippen LogP contribution in [-0.4, -0.2) is 39.8 Å². The molecule has 1 aromatic carbocycles. The van der Waals surface area contributed by atoms with E-state index >= 15 is 0 Å². The van der Waals surface area contributed by atoms with Crippen LogP contribution in [0.25, 0.3) is 22.4 Å². The van der Waals surface area contributed by atoms with Gasteiger partial charge in [0.25, 0.3) is 0 Å². The molecular formula is C22H24N6. The van der Waals surface area contributed by atoms with Crippen LogP contribution in [0.2, 0.25) is 0 Å². The van der Waals surface area contributed by atoms with E-state index in [1.54, 1.807) is 6.20 Å². The number of benzene rings is 1. The van der Waals surface area contributed by atoms with Gasteiger partial charge in [-0.25, -0.2) is 9.97 Å². The van der Waals surface area contributed by atoms with Crippen LogP contribution in [0.5, 0.6) is 0 Å². The highest BCUT2D eigenvalue weighted by molar-refractivity contribution is 5.89. The van der Waals surface area contributed by atoms with E-state index in [9.17, 15) is 0 Å². The second kappa shape index (κ2) is 7.05. The lowest BCUT2D eigenvalue weighted by atomic mass is 10.0. The minimum Gasteiger partial charge on any atom is -0.353 e. The Labute approximate surface area is 165 Å². The third-order valence-corrected chi connectivity index (χ3v) is 5.30. The molecule has 1 fully saturated rings. The zero-order valence-corrected chi connectivity index (χ0v) is 15.8. The fourth-order valence-corrected chi connectivity index (χ4v) is 3.76. The first-order valence-corrected chi connectivity index (χ1v) is 9.59. The van der Waals surface area contributed by atoms with E-state index in [1.165, 1.54) is 11.1 Å². The minimum absolute atomic E-state index is 0. The maximum atomic E-state index is 4.93. The van der Waals surface area contributed by atoms with Crippen molar-refractivity contribution >= 4 is 16.9 Å². The topological polar surface area (TPSA) is 69.7 Å². The highest BCUT2D eigenvalue weighted by Gasteiger charge is 2.22. The minimum atomic E-state index is 0. The molecule has 3 aromatic heterocycles. The summed E-state index contributed by atoms with van der Waals surface area (Å²) in [5.41, 5.74) is 5.11. The zero-order valence-electron chi connectivity index (χ0n) is 15.8. The van der Waals surface area contributed by atoms with Crippen molar-refractivity contribution in [2.24, 2.45) is 0 Å². The highest BCUT2D eigenvalue weighted by Crippen LogP contribution is 2.27. The lowest BCUT2D eigenvalue weighted by Crippen LogP contribution is -2.46. The van der Waals surface area contributed by atoms with Gasteiger partial charge in [-0.2, -0.15) is 5.10 Å². The summed E-state index contributed by atoms with van der Waals surface area (Å²) in [6.45, 7) is 4.88. The van der Waals surface area contributed by atoms with Crippen LogP contribution in [0.1, 0.15) is 18.6 Å². The third kappa shape index (κ3) is 3.12. The molecule has 4 heterocycles. The number of aromatic nitrogens is 4. The molecule has 1 saturated heterocycles. The number of hydrogen-bond acceptors (Lipinski definition) is 5. The molecule has 2 N–H and O–H groups in total. The number of fused-ring (bicyclic) bond motifs is 1. The number of pyridine rings is 2. The fourth-order valence-electron chi connectivity index (χ4n) is 3.76. The van der Waals surface area contributed by atoms with Gasteiger partial charge in [0.05, 0.1) is 11.4 Å². The van der Waals surface area contributed by atoms with Crippen molar-refractivity contribution in [3.8, 4) is 11.4 Å². The molecule has 6 heteroatoms. The molecule has 1 aliphatic heterocycles. The summed E-state index contributed by atoms with van der Waals surface area (Å²) in [5, 5.41) is 12.0. The predicted octanol–water partition coefficient (Wildman–Crippen LogP) is 3.73. The largest absolute Gasteiger partial charge is 0.353 e. The Hall–Kier alpha value is -3.25. The highest BCUT2D eigenvalue weighted by atomic mass is 15.2. The molecule has 142 valence electrons. The van der Waals surface area contributed by atoms with E-state index in [0.29, 0.717) is 11.7 Å². The first kappa shape index (κ1) is 16.9. The van der Waals surface area contributed by atoms with Crippen molar-refractivity contribution in [2.75, 3.05) is 24.5 Å². The summed E-state index contributed by atoms with van der Waals surface area (Å²) in [5.74, 6) is 0.989. The number of H-pyrrole nitrogens is 1. The summed E-state index contributed by atoms with van der Waals surface area (Å²) in [6.07, 6.45) is 1.75. The van der Waals surface area contributed by atoms with Crippen molar-refractivity contribution < 1.29 is 1.43 Å². The van der Waals surface area contributed by atoms with Crippen LogP contribution in [0.15, 0.2) is 60.8 Å². The molecular weight excluding hydrogens is 348 g/mol. The molecule has 4 aromatic rings. The molecule has 0 amide bonds. The molecule has 1 atom stereocenters. The molecule has 0 radical (unpaired) electrons. The Morgan fingerprint density at radius 3 is 2.86 bits per heavy atom. The van der Waals surface area contributed by atoms with Gasteiger partial charge < -0.3 is 10.2 Å². The molecule has 0 saturated carbocycles. The first-order chi connectivity index (χ1) is 13.8.